The molecule has 0 atom stereocenters. The van der Waals surface area contributed by atoms with E-state index in [0.717, 1.165) is 16.8 Å². The number of halogens is 5. The molecule has 4 rings (SSSR count). The van der Waals surface area contributed by atoms with Gasteiger partial charge in [-0.25, -0.2) is 18.9 Å². The molecule has 0 unspecified atom stereocenters. The number of pyridine rings is 1. The molecule has 1 aromatic carbocycles. The molecule has 3 aromatic heterocycles. The maximum absolute atomic E-state index is 13.6. The molecule has 39 heavy (non-hydrogen) atoms. The summed E-state index contributed by atoms with van der Waals surface area (Å²) in [6.07, 6.45) is -1.98. The molecule has 0 fully saturated rings. The third-order valence-electron chi connectivity index (χ3n) is 5.56. The molecule has 0 radical (unpaired) electrons. The van der Waals surface area contributed by atoms with Gasteiger partial charge in [-0.1, -0.05) is 11.6 Å². The lowest BCUT2D eigenvalue weighted by Crippen LogP contribution is -2.27. The smallest absolute Gasteiger partial charge is 0.435 e. The van der Waals surface area contributed by atoms with Gasteiger partial charge in [0.15, 0.2) is 11.5 Å². The van der Waals surface area contributed by atoms with E-state index in [1.165, 1.54) is 42.1 Å². The number of nitrogens with zero attached hydrogens (tertiary/aromatic N) is 5. The van der Waals surface area contributed by atoms with Crippen molar-refractivity contribution in [1.82, 2.24) is 24.3 Å². The van der Waals surface area contributed by atoms with Gasteiger partial charge in [-0.15, -0.1) is 0 Å². The lowest BCUT2D eigenvalue weighted by Gasteiger charge is -2.15. The normalized spacial score (nSPS) is 11.5. The molecule has 4 aromatic rings. The molecule has 1 N–H and O–H groups in total. The van der Waals surface area contributed by atoms with Gasteiger partial charge in [0, 0.05) is 41.4 Å². The fourth-order valence-electron chi connectivity index (χ4n) is 3.70. The highest BCUT2D eigenvalue weighted by molar-refractivity contribution is 6.31. The molecule has 204 valence electrons. The second kappa shape index (κ2) is 10.8. The summed E-state index contributed by atoms with van der Waals surface area (Å²) in [4.78, 5) is 33.9. The summed E-state index contributed by atoms with van der Waals surface area (Å²) in [5.41, 5.74) is -1.15. The van der Waals surface area contributed by atoms with E-state index in [1.807, 2.05) is 0 Å². The summed E-state index contributed by atoms with van der Waals surface area (Å²) < 4.78 is 61.2. The number of hydrogen-bond donors (Lipinski definition) is 1. The summed E-state index contributed by atoms with van der Waals surface area (Å²) in [7, 11) is 0. The van der Waals surface area contributed by atoms with Crippen molar-refractivity contribution in [2.75, 3.05) is 11.9 Å². The maximum Gasteiger partial charge on any atom is 0.435 e. The number of esters is 1. The maximum atomic E-state index is 13.6. The molecule has 3 heterocycles. The van der Waals surface area contributed by atoms with Crippen molar-refractivity contribution in [3.05, 3.63) is 80.9 Å². The van der Waals surface area contributed by atoms with E-state index >= 15 is 0 Å². The van der Waals surface area contributed by atoms with Crippen LogP contribution in [-0.4, -0.2) is 36.9 Å². The molecular weight excluding hydrogens is 544 g/mol. The highest BCUT2D eigenvalue weighted by Gasteiger charge is 2.35. The predicted octanol–water partition coefficient (Wildman–Crippen LogP) is 5.55. The Morgan fingerprint density at radius 3 is 2.54 bits per heavy atom. The van der Waals surface area contributed by atoms with Crippen LogP contribution in [0, 0.1) is 12.7 Å². The number of benzene rings is 1. The van der Waals surface area contributed by atoms with Crippen LogP contribution in [0.1, 0.15) is 35.6 Å². The number of aryl methyl sites for hydroxylation is 2. The van der Waals surface area contributed by atoms with Gasteiger partial charge < -0.3 is 14.6 Å². The molecular formula is C25H21ClF4N6O3. The molecule has 0 amide bonds. The summed E-state index contributed by atoms with van der Waals surface area (Å²) in [6, 6.07) is 5.91. The molecule has 9 nitrogen and oxygen atoms in total. The molecule has 0 spiro atoms. The van der Waals surface area contributed by atoms with Gasteiger partial charge in [0.25, 0.3) is 5.56 Å². The summed E-state index contributed by atoms with van der Waals surface area (Å²) in [6.45, 7) is 4.91. The number of ether oxygens (including phenoxy) is 1. The number of anilines is 2. The van der Waals surface area contributed by atoms with Gasteiger partial charge in [-0.2, -0.15) is 23.3 Å². The van der Waals surface area contributed by atoms with Crippen molar-refractivity contribution in [1.29, 1.82) is 0 Å². The number of carbonyl (C=O) groups excluding carboxylic acids is 1. The van der Waals surface area contributed by atoms with Crippen LogP contribution in [0.2, 0.25) is 5.02 Å². The Morgan fingerprint density at radius 2 is 1.92 bits per heavy atom. The average Bonchev–Trinajstić information content (AvgIpc) is 3.28. The van der Waals surface area contributed by atoms with Gasteiger partial charge in [-0.3, -0.25) is 4.79 Å². The number of hydrogen-bond acceptors (Lipinski definition) is 7. The van der Waals surface area contributed by atoms with Crippen LogP contribution in [-0.2, 0) is 17.5 Å². The highest BCUT2D eigenvalue weighted by atomic mass is 35.5. The van der Waals surface area contributed by atoms with Crippen molar-refractivity contribution < 1.29 is 27.1 Å². The van der Waals surface area contributed by atoms with Gasteiger partial charge in [-0.05, 0) is 51.1 Å². The highest BCUT2D eigenvalue weighted by Crippen LogP contribution is 2.32. The Labute approximate surface area is 224 Å². The molecule has 14 heteroatoms. The van der Waals surface area contributed by atoms with E-state index in [4.69, 9.17) is 16.3 Å². The van der Waals surface area contributed by atoms with Crippen molar-refractivity contribution >= 4 is 29.2 Å². The van der Waals surface area contributed by atoms with E-state index in [0.29, 0.717) is 5.69 Å². The van der Waals surface area contributed by atoms with Gasteiger partial charge in [0.2, 0.25) is 5.95 Å². The Balaban J connectivity index is 1.93. The zero-order valence-electron chi connectivity index (χ0n) is 20.8. The zero-order valence-corrected chi connectivity index (χ0v) is 21.6. The first-order valence-corrected chi connectivity index (χ1v) is 12.0. The van der Waals surface area contributed by atoms with E-state index < -0.39 is 29.2 Å². The second-order valence-electron chi connectivity index (χ2n) is 8.22. The standard InChI is InChI=1S/C25H21ClF4N6O3/c1-4-35-12-14(9-16(22(35)37)23(38)39-5-2)17-11-31-24(32-15-6-7-19(27)18(26)10-15)33-21(17)36-13(3)8-20(34-36)25(28,29)30/h6-12H,4-5H2,1-3H3,(H,31,32,33). The van der Waals surface area contributed by atoms with Crippen molar-refractivity contribution in [2.45, 2.75) is 33.5 Å². The fraction of sp³-hybridized carbons (Fsp3) is 0.240. The lowest BCUT2D eigenvalue weighted by molar-refractivity contribution is -0.141. The van der Waals surface area contributed by atoms with Crippen molar-refractivity contribution in [3.8, 4) is 16.9 Å². The Morgan fingerprint density at radius 1 is 1.18 bits per heavy atom. The molecule has 0 saturated heterocycles. The van der Waals surface area contributed by atoms with Gasteiger partial charge in [0.1, 0.15) is 11.4 Å². The Hall–Kier alpha value is -4.26. The third kappa shape index (κ3) is 5.77. The van der Waals surface area contributed by atoms with E-state index in [1.54, 1.807) is 13.8 Å². The van der Waals surface area contributed by atoms with Gasteiger partial charge in [0.05, 0.1) is 11.6 Å². The molecule has 0 bridgehead atoms. The largest absolute Gasteiger partial charge is 0.462 e. The van der Waals surface area contributed by atoms with E-state index in [9.17, 15) is 27.2 Å². The third-order valence-corrected chi connectivity index (χ3v) is 5.85. The van der Waals surface area contributed by atoms with Crippen LogP contribution in [0.4, 0.5) is 29.2 Å². The monoisotopic (exact) mass is 564 g/mol. The average molecular weight is 565 g/mol. The summed E-state index contributed by atoms with van der Waals surface area (Å²) in [5, 5.41) is 6.37. The van der Waals surface area contributed by atoms with Crippen LogP contribution in [0.25, 0.3) is 16.9 Å². The van der Waals surface area contributed by atoms with Crippen molar-refractivity contribution in [3.63, 3.8) is 0 Å². The quantitative estimate of drug-likeness (QED) is 0.232. The summed E-state index contributed by atoms with van der Waals surface area (Å²) >= 11 is 5.84. The number of aromatic nitrogens is 5. The number of rotatable bonds is 7. The number of nitrogens with one attached hydrogen (secondary N) is 1. The van der Waals surface area contributed by atoms with Crippen LogP contribution < -0.4 is 10.9 Å². The first kappa shape index (κ1) is 27.8. The van der Waals surface area contributed by atoms with Gasteiger partial charge >= 0.3 is 12.1 Å². The van der Waals surface area contributed by atoms with Crippen molar-refractivity contribution in [2.24, 2.45) is 0 Å². The minimum absolute atomic E-state index is 0.0312. The van der Waals surface area contributed by atoms with E-state index in [2.05, 4.69) is 20.4 Å². The lowest BCUT2D eigenvalue weighted by atomic mass is 10.1. The zero-order chi connectivity index (χ0) is 28.5. The first-order valence-electron chi connectivity index (χ1n) is 11.6. The first-order chi connectivity index (χ1) is 18.4. The second-order valence-corrected chi connectivity index (χ2v) is 8.63. The van der Waals surface area contributed by atoms with Crippen LogP contribution in [0.15, 0.2) is 47.5 Å². The molecule has 0 saturated carbocycles. The van der Waals surface area contributed by atoms with Crippen LogP contribution in [0.5, 0.6) is 0 Å². The molecule has 0 aliphatic heterocycles. The number of alkyl halides is 3. The van der Waals surface area contributed by atoms with Crippen LogP contribution >= 0.6 is 11.6 Å². The topological polar surface area (TPSA) is 104 Å². The van der Waals surface area contributed by atoms with Crippen LogP contribution in [0.3, 0.4) is 0 Å². The summed E-state index contributed by atoms with van der Waals surface area (Å²) in [5.74, 6) is -1.64. The Kier molecular flexibility index (Phi) is 7.72. The predicted molar refractivity (Wildman–Crippen MR) is 135 cm³/mol. The minimum Gasteiger partial charge on any atom is -0.462 e. The van der Waals surface area contributed by atoms with E-state index in [-0.39, 0.29) is 52.3 Å². The fourth-order valence-corrected chi connectivity index (χ4v) is 3.88. The molecule has 0 aliphatic carbocycles. The molecule has 0 aliphatic rings. The minimum atomic E-state index is -4.72. The SMILES string of the molecule is CCOC(=O)c1cc(-c2cnc(Nc3ccc(F)c(Cl)c3)nc2-n2nc(C(F)(F)F)cc2C)cn(CC)c1=O. The Bertz CT molecular complexity index is 1620. The number of carbonyl (C=O) groups is 1.